The van der Waals surface area contributed by atoms with Crippen LogP contribution in [0, 0.1) is 25.2 Å². The van der Waals surface area contributed by atoms with Gasteiger partial charge in [0.1, 0.15) is 23.2 Å². The molecule has 0 aliphatic rings. The van der Waals surface area contributed by atoms with E-state index in [1.54, 1.807) is 7.11 Å². The monoisotopic (exact) mass is 329 g/mol. The fourth-order valence-corrected chi connectivity index (χ4v) is 2.73. The highest BCUT2D eigenvalue weighted by Gasteiger charge is 2.14. The van der Waals surface area contributed by atoms with Gasteiger partial charge in [0.25, 0.3) is 0 Å². The summed E-state index contributed by atoms with van der Waals surface area (Å²) in [6.45, 7) is 4.14. The summed E-state index contributed by atoms with van der Waals surface area (Å²) in [5.41, 5.74) is 12.3. The van der Waals surface area contributed by atoms with Gasteiger partial charge in [0.2, 0.25) is 0 Å². The van der Waals surface area contributed by atoms with E-state index in [9.17, 15) is 5.26 Å². The number of methoxy groups -OCH3 is 1. The molecule has 25 heavy (non-hydrogen) atoms. The summed E-state index contributed by atoms with van der Waals surface area (Å²) in [5, 5.41) is 9.51. The Morgan fingerprint density at radius 2 is 1.64 bits per heavy atom. The van der Waals surface area contributed by atoms with Crippen LogP contribution in [0.25, 0.3) is 22.4 Å². The summed E-state index contributed by atoms with van der Waals surface area (Å²) < 4.78 is 5.20. The molecule has 1 aromatic heterocycles. The van der Waals surface area contributed by atoms with Gasteiger partial charge >= 0.3 is 0 Å². The SMILES string of the molecule is COc1ccc(-c2cc(-c3ccc(C)c(C)c3)nc(N)c2C#N)cc1. The lowest BCUT2D eigenvalue weighted by Gasteiger charge is -2.12. The number of nitrogen functional groups attached to an aromatic ring is 1. The van der Waals surface area contributed by atoms with E-state index in [4.69, 9.17) is 10.5 Å². The average molecular weight is 329 g/mol. The van der Waals surface area contributed by atoms with Crippen molar-refractivity contribution in [3.8, 4) is 34.2 Å². The van der Waals surface area contributed by atoms with E-state index in [1.807, 2.05) is 36.4 Å². The van der Waals surface area contributed by atoms with Crippen LogP contribution in [0.5, 0.6) is 5.75 Å². The minimum atomic E-state index is 0.240. The van der Waals surface area contributed by atoms with Crippen molar-refractivity contribution < 1.29 is 4.74 Å². The highest BCUT2D eigenvalue weighted by Crippen LogP contribution is 2.32. The number of hydrogen-bond donors (Lipinski definition) is 1. The molecule has 3 rings (SSSR count). The Morgan fingerprint density at radius 1 is 0.960 bits per heavy atom. The molecule has 0 radical (unpaired) electrons. The minimum absolute atomic E-state index is 0.240. The molecule has 0 unspecified atom stereocenters. The summed E-state index contributed by atoms with van der Waals surface area (Å²) in [6, 6.07) is 17.8. The third-order valence-corrected chi connectivity index (χ3v) is 4.36. The molecule has 0 fully saturated rings. The van der Waals surface area contributed by atoms with Crippen LogP contribution in [-0.4, -0.2) is 12.1 Å². The van der Waals surface area contributed by atoms with Gasteiger partial charge < -0.3 is 10.5 Å². The van der Waals surface area contributed by atoms with E-state index in [1.165, 1.54) is 11.1 Å². The molecule has 3 aromatic rings. The Kier molecular flexibility index (Phi) is 4.40. The van der Waals surface area contributed by atoms with E-state index in [0.717, 1.165) is 28.1 Å². The predicted molar refractivity (Wildman–Crippen MR) is 100 cm³/mol. The lowest BCUT2D eigenvalue weighted by atomic mass is 9.97. The molecule has 0 amide bonds. The smallest absolute Gasteiger partial charge is 0.142 e. The van der Waals surface area contributed by atoms with Crippen molar-refractivity contribution in [1.82, 2.24) is 4.98 Å². The molecule has 2 aromatic carbocycles. The highest BCUT2D eigenvalue weighted by atomic mass is 16.5. The van der Waals surface area contributed by atoms with Crippen LogP contribution < -0.4 is 10.5 Å². The van der Waals surface area contributed by atoms with Crippen molar-refractivity contribution in [2.75, 3.05) is 12.8 Å². The number of nitriles is 1. The van der Waals surface area contributed by atoms with Gasteiger partial charge in [0.05, 0.1) is 12.8 Å². The number of rotatable bonds is 3. The van der Waals surface area contributed by atoms with Gasteiger partial charge in [0, 0.05) is 11.1 Å². The van der Waals surface area contributed by atoms with Crippen molar-refractivity contribution in [1.29, 1.82) is 5.26 Å². The molecule has 0 spiro atoms. The molecule has 4 heteroatoms. The molecule has 0 saturated carbocycles. The second-order valence-corrected chi connectivity index (χ2v) is 5.95. The van der Waals surface area contributed by atoms with Gasteiger partial charge in [-0.3, -0.25) is 0 Å². The third-order valence-electron chi connectivity index (χ3n) is 4.36. The maximum Gasteiger partial charge on any atom is 0.142 e. The van der Waals surface area contributed by atoms with Crippen molar-refractivity contribution in [3.63, 3.8) is 0 Å². The number of anilines is 1. The van der Waals surface area contributed by atoms with Crippen LogP contribution >= 0.6 is 0 Å². The first-order valence-electron chi connectivity index (χ1n) is 7.96. The first-order chi connectivity index (χ1) is 12.0. The molecule has 0 aliphatic carbocycles. The molecular formula is C21H19N3O. The molecule has 124 valence electrons. The molecule has 4 nitrogen and oxygen atoms in total. The van der Waals surface area contributed by atoms with Gasteiger partial charge in [-0.1, -0.05) is 24.3 Å². The topological polar surface area (TPSA) is 71.9 Å². The van der Waals surface area contributed by atoms with E-state index < -0.39 is 0 Å². The van der Waals surface area contributed by atoms with E-state index >= 15 is 0 Å². The predicted octanol–water partition coefficient (Wildman–Crippen LogP) is 4.49. The number of pyridine rings is 1. The first kappa shape index (κ1) is 16.5. The van der Waals surface area contributed by atoms with Gasteiger partial charge in [-0.05, 0) is 54.8 Å². The molecule has 0 aliphatic heterocycles. The maximum atomic E-state index is 9.51. The van der Waals surface area contributed by atoms with Crippen LogP contribution in [-0.2, 0) is 0 Å². The van der Waals surface area contributed by atoms with E-state index in [-0.39, 0.29) is 5.82 Å². The molecule has 0 saturated heterocycles. The number of ether oxygens (including phenoxy) is 1. The van der Waals surface area contributed by atoms with Crippen LogP contribution in [0.1, 0.15) is 16.7 Å². The summed E-state index contributed by atoms with van der Waals surface area (Å²) in [7, 11) is 1.62. The van der Waals surface area contributed by atoms with Gasteiger partial charge in [-0.15, -0.1) is 0 Å². The Balaban J connectivity index is 2.18. The summed E-state index contributed by atoms with van der Waals surface area (Å²) >= 11 is 0. The van der Waals surface area contributed by atoms with Crippen molar-refractivity contribution in [2.45, 2.75) is 13.8 Å². The third kappa shape index (κ3) is 3.17. The quantitative estimate of drug-likeness (QED) is 0.768. The van der Waals surface area contributed by atoms with Crippen LogP contribution in [0.2, 0.25) is 0 Å². The van der Waals surface area contributed by atoms with Crippen molar-refractivity contribution in [2.24, 2.45) is 0 Å². The number of aryl methyl sites for hydroxylation is 2. The van der Waals surface area contributed by atoms with Crippen LogP contribution in [0.3, 0.4) is 0 Å². The molecule has 0 atom stereocenters. The Bertz CT molecular complexity index is 970. The fourth-order valence-electron chi connectivity index (χ4n) is 2.73. The normalized spacial score (nSPS) is 10.3. The number of benzene rings is 2. The number of nitrogens with two attached hydrogens (primary N) is 1. The standard InChI is InChI=1S/C21H19N3O/c1-13-4-5-16(10-14(13)2)20-11-18(19(12-22)21(23)24-20)15-6-8-17(25-3)9-7-15/h4-11H,1-3H3,(H2,23,24). The fraction of sp³-hybridized carbons (Fsp3) is 0.143. The maximum absolute atomic E-state index is 9.51. The van der Waals surface area contributed by atoms with Crippen molar-refractivity contribution >= 4 is 5.82 Å². The lowest BCUT2D eigenvalue weighted by Crippen LogP contribution is -2.00. The largest absolute Gasteiger partial charge is 0.497 e. The Morgan fingerprint density at radius 3 is 2.24 bits per heavy atom. The molecule has 2 N–H and O–H groups in total. The Hall–Kier alpha value is -3.32. The number of hydrogen-bond acceptors (Lipinski definition) is 4. The number of aromatic nitrogens is 1. The zero-order valence-corrected chi connectivity index (χ0v) is 14.5. The molecule has 1 heterocycles. The van der Waals surface area contributed by atoms with E-state index in [2.05, 4.69) is 37.0 Å². The molecular weight excluding hydrogens is 310 g/mol. The zero-order valence-electron chi connectivity index (χ0n) is 14.5. The number of nitrogens with zero attached hydrogens (tertiary/aromatic N) is 2. The second-order valence-electron chi connectivity index (χ2n) is 5.95. The van der Waals surface area contributed by atoms with Crippen molar-refractivity contribution in [3.05, 3.63) is 65.2 Å². The van der Waals surface area contributed by atoms with E-state index in [0.29, 0.717) is 5.56 Å². The lowest BCUT2D eigenvalue weighted by molar-refractivity contribution is 0.415. The zero-order chi connectivity index (χ0) is 18.0. The van der Waals surface area contributed by atoms with Crippen LogP contribution in [0.4, 0.5) is 5.82 Å². The van der Waals surface area contributed by atoms with Gasteiger partial charge in [0.15, 0.2) is 0 Å². The van der Waals surface area contributed by atoms with Crippen LogP contribution in [0.15, 0.2) is 48.5 Å². The second kappa shape index (κ2) is 6.66. The first-order valence-corrected chi connectivity index (χ1v) is 7.96. The summed E-state index contributed by atoms with van der Waals surface area (Å²) in [4.78, 5) is 4.44. The average Bonchev–Trinajstić information content (AvgIpc) is 2.63. The van der Waals surface area contributed by atoms with Gasteiger partial charge in [-0.25, -0.2) is 4.98 Å². The summed E-state index contributed by atoms with van der Waals surface area (Å²) in [6.07, 6.45) is 0. The molecule has 0 bridgehead atoms. The minimum Gasteiger partial charge on any atom is -0.497 e. The highest BCUT2D eigenvalue weighted by molar-refractivity contribution is 5.80. The van der Waals surface area contributed by atoms with Gasteiger partial charge in [-0.2, -0.15) is 5.26 Å². The summed E-state index contributed by atoms with van der Waals surface area (Å²) in [5.74, 6) is 1.00. The Labute approximate surface area is 147 Å².